The Morgan fingerprint density at radius 2 is 2.18 bits per heavy atom. The van der Waals surface area contributed by atoms with Gasteiger partial charge in [-0.25, -0.2) is 4.98 Å². The number of rotatable bonds is 3. The Labute approximate surface area is 127 Å². The summed E-state index contributed by atoms with van der Waals surface area (Å²) in [5.41, 5.74) is 0.673. The van der Waals surface area contributed by atoms with Crippen molar-refractivity contribution in [2.75, 3.05) is 16.8 Å². The van der Waals surface area contributed by atoms with E-state index in [4.69, 9.17) is 0 Å². The Morgan fingerprint density at radius 3 is 2.77 bits per heavy atom. The lowest BCUT2D eigenvalue weighted by atomic mass is 10.2. The number of anilines is 2. The lowest BCUT2D eigenvalue weighted by molar-refractivity contribution is -0.134. The molecule has 3 rings (SSSR count). The minimum atomic E-state index is -4.42. The van der Waals surface area contributed by atoms with E-state index in [2.05, 4.69) is 15.4 Å². The third-order valence-electron chi connectivity index (χ3n) is 3.29. The molecule has 2 aromatic heterocycles. The van der Waals surface area contributed by atoms with Crippen molar-refractivity contribution in [3.05, 3.63) is 23.5 Å². The largest absolute Gasteiger partial charge is 0.427 e. The Hall–Kier alpha value is -2.10. The fraction of sp³-hybridized carbons (Fsp3) is 0.417. The summed E-state index contributed by atoms with van der Waals surface area (Å²) in [5.74, 6) is -0.197. The average Bonchev–Trinajstić information content (AvgIpc) is 3.12. The van der Waals surface area contributed by atoms with Gasteiger partial charge in [0.1, 0.15) is 10.9 Å². The number of carbonyl (C=O) groups excluding carboxylic acids is 1. The van der Waals surface area contributed by atoms with Crippen molar-refractivity contribution in [2.24, 2.45) is 7.05 Å². The molecule has 0 aliphatic carbocycles. The van der Waals surface area contributed by atoms with Crippen LogP contribution >= 0.6 is 11.3 Å². The summed E-state index contributed by atoms with van der Waals surface area (Å²) in [5, 5.41) is 6.88. The van der Waals surface area contributed by atoms with Crippen LogP contribution in [-0.4, -0.2) is 33.3 Å². The lowest BCUT2D eigenvalue weighted by Gasteiger charge is -2.14. The smallest absolute Gasteiger partial charge is 0.350 e. The second-order valence-corrected chi connectivity index (χ2v) is 5.91. The highest BCUT2D eigenvalue weighted by atomic mass is 32.1. The van der Waals surface area contributed by atoms with E-state index in [-0.39, 0.29) is 11.0 Å². The maximum Gasteiger partial charge on any atom is 0.427 e. The van der Waals surface area contributed by atoms with Crippen LogP contribution in [0.1, 0.15) is 11.3 Å². The maximum absolute atomic E-state index is 12.5. The molecule has 0 unspecified atom stereocenters. The van der Waals surface area contributed by atoms with Gasteiger partial charge in [-0.1, -0.05) is 11.3 Å². The SMILES string of the molecule is Cn1cc(N2CC[C@@H](Nc3ncc(C(F)(F)F)s3)C2=O)cn1. The standard InChI is InChI=1S/C12H12F3N5OS/c1-19-6-7(4-17-19)20-3-2-8(10(20)21)18-11-16-5-9(22-11)12(13,14)15/h4-6,8H,2-3H2,1H3,(H,16,18)/t8-/m1/s1. The lowest BCUT2D eigenvalue weighted by Crippen LogP contribution is -2.33. The molecule has 0 saturated carbocycles. The summed E-state index contributed by atoms with van der Waals surface area (Å²) in [6.45, 7) is 0.486. The van der Waals surface area contributed by atoms with Crippen LogP contribution in [0, 0.1) is 0 Å². The van der Waals surface area contributed by atoms with E-state index in [0.29, 0.717) is 30.0 Å². The van der Waals surface area contributed by atoms with E-state index in [9.17, 15) is 18.0 Å². The van der Waals surface area contributed by atoms with Crippen molar-refractivity contribution < 1.29 is 18.0 Å². The van der Waals surface area contributed by atoms with E-state index in [1.807, 2.05) is 0 Å². The van der Waals surface area contributed by atoms with Crippen molar-refractivity contribution >= 4 is 28.1 Å². The van der Waals surface area contributed by atoms with Crippen LogP contribution in [0.5, 0.6) is 0 Å². The first-order valence-electron chi connectivity index (χ1n) is 6.44. The van der Waals surface area contributed by atoms with Gasteiger partial charge in [0.05, 0.1) is 18.1 Å². The molecule has 1 N–H and O–H groups in total. The fourth-order valence-corrected chi connectivity index (χ4v) is 2.97. The molecule has 10 heteroatoms. The average molecular weight is 331 g/mol. The Balaban J connectivity index is 1.69. The highest BCUT2D eigenvalue weighted by molar-refractivity contribution is 7.15. The molecule has 6 nitrogen and oxygen atoms in total. The molecule has 1 aliphatic heterocycles. The quantitative estimate of drug-likeness (QED) is 0.936. The van der Waals surface area contributed by atoms with Gasteiger partial charge >= 0.3 is 6.18 Å². The zero-order chi connectivity index (χ0) is 15.9. The molecule has 118 valence electrons. The molecule has 1 amide bonds. The predicted octanol–water partition coefficient (Wildman–Crippen LogP) is 2.11. The summed E-state index contributed by atoms with van der Waals surface area (Å²) >= 11 is 0.495. The minimum absolute atomic E-state index is 0.0960. The van der Waals surface area contributed by atoms with Crippen LogP contribution in [0.25, 0.3) is 0 Å². The van der Waals surface area contributed by atoms with Gasteiger partial charge < -0.3 is 10.2 Å². The molecule has 0 spiro atoms. The number of nitrogens with one attached hydrogen (secondary N) is 1. The van der Waals surface area contributed by atoms with Crippen molar-refractivity contribution in [3.8, 4) is 0 Å². The Kier molecular flexibility index (Phi) is 3.55. The van der Waals surface area contributed by atoms with Crippen molar-refractivity contribution in [3.63, 3.8) is 0 Å². The van der Waals surface area contributed by atoms with E-state index >= 15 is 0 Å². The number of nitrogens with zero attached hydrogens (tertiary/aromatic N) is 4. The fourth-order valence-electron chi connectivity index (χ4n) is 2.24. The summed E-state index contributed by atoms with van der Waals surface area (Å²) < 4.78 is 39.2. The molecule has 0 bridgehead atoms. The molecule has 0 radical (unpaired) electrons. The number of hydrogen-bond acceptors (Lipinski definition) is 5. The second kappa shape index (κ2) is 5.27. The summed E-state index contributed by atoms with van der Waals surface area (Å²) in [6.07, 6.45) is 0.135. The number of carbonyl (C=O) groups is 1. The molecule has 1 atom stereocenters. The Bertz CT molecular complexity index is 695. The van der Waals surface area contributed by atoms with Gasteiger partial charge in [0.2, 0.25) is 5.91 Å². The van der Waals surface area contributed by atoms with Gasteiger partial charge in [-0.2, -0.15) is 18.3 Å². The van der Waals surface area contributed by atoms with Gasteiger partial charge in [-0.05, 0) is 6.42 Å². The van der Waals surface area contributed by atoms with Crippen LogP contribution in [0.4, 0.5) is 24.0 Å². The molecular formula is C12H12F3N5OS. The van der Waals surface area contributed by atoms with Crippen LogP contribution < -0.4 is 10.2 Å². The summed E-state index contributed by atoms with van der Waals surface area (Å²) in [6, 6.07) is -0.576. The van der Waals surface area contributed by atoms with Crippen LogP contribution in [0.2, 0.25) is 0 Å². The molecule has 1 fully saturated rings. The van der Waals surface area contributed by atoms with Crippen molar-refractivity contribution in [1.82, 2.24) is 14.8 Å². The number of hydrogen-bond donors (Lipinski definition) is 1. The van der Waals surface area contributed by atoms with Gasteiger partial charge in [0.15, 0.2) is 5.13 Å². The first-order chi connectivity index (χ1) is 10.3. The van der Waals surface area contributed by atoms with Crippen LogP contribution in [-0.2, 0) is 18.0 Å². The number of amides is 1. The molecule has 0 aromatic carbocycles. The van der Waals surface area contributed by atoms with Gasteiger partial charge in [0.25, 0.3) is 0 Å². The van der Waals surface area contributed by atoms with Crippen LogP contribution in [0.3, 0.4) is 0 Å². The van der Waals surface area contributed by atoms with E-state index in [0.717, 1.165) is 6.20 Å². The zero-order valence-corrected chi connectivity index (χ0v) is 12.3. The third kappa shape index (κ3) is 2.78. The monoisotopic (exact) mass is 331 g/mol. The zero-order valence-electron chi connectivity index (χ0n) is 11.5. The number of aromatic nitrogens is 3. The minimum Gasteiger partial charge on any atom is -0.350 e. The normalized spacial score (nSPS) is 19.0. The van der Waals surface area contributed by atoms with Crippen LogP contribution in [0.15, 0.2) is 18.6 Å². The third-order valence-corrected chi connectivity index (χ3v) is 4.26. The van der Waals surface area contributed by atoms with E-state index in [1.165, 1.54) is 0 Å². The number of halogens is 3. The van der Waals surface area contributed by atoms with E-state index in [1.54, 1.807) is 29.0 Å². The van der Waals surface area contributed by atoms with E-state index < -0.39 is 17.1 Å². The highest BCUT2D eigenvalue weighted by Gasteiger charge is 2.36. The number of aryl methyl sites for hydroxylation is 1. The maximum atomic E-state index is 12.5. The molecule has 2 aromatic rings. The van der Waals surface area contributed by atoms with Crippen molar-refractivity contribution in [2.45, 2.75) is 18.6 Å². The predicted molar refractivity (Wildman–Crippen MR) is 74.7 cm³/mol. The first-order valence-corrected chi connectivity index (χ1v) is 7.26. The van der Waals surface area contributed by atoms with Gasteiger partial charge in [-0.15, -0.1) is 0 Å². The first kappa shape index (κ1) is 14.8. The molecular weight excluding hydrogens is 319 g/mol. The summed E-state index contributed by atoms with van der Waals surface area (Å²) in [7, 11) is 1.74. The highest BCUT2D eigenvalue weighted by Crippen LogP contribution is 2.35. The molecule has 22 heavy (non-hydrogen) atoms. The molecule has 1 saturated heterocycles. The van der Waals surface area contributed by atoms with Crippen molar-refractivity contribution in [1.29, 1.82) is 0 Å². The summed E-state index contributed by atoms with van der Waals surface area (Å²) in [4.78, 5) is 16.8. The second-order valence-electron chi connectivity index (χ2n) is 4.88. The molecule has 3 heterocycles. The Morgan fingerprint density at radius 1 is 1.41 bits per heavy atom. The number of thiazole rings is 1. The molecule has 1 aliphatic rings. The topological polar surface area (TPSA) is 63.1 Å². The number of alkyl halides is 3. The van der Waals surface area contributed by atoms with Gasteiger partial charge in [0, 0.05) is 19.8 Å². The van der Waals surface area contributed by atoms with Gasteiger partial charge in [-0.3, -0.25) is 9.48 Å².